The Balaban J connectivity index is 1.47. The van der Waals surface area contributed by atoms with Crippen molar-refractivity contribution in [2.45, 2.75) is 33.1 Å². The summed E-state index contributed by atoms with van der Waals surface area (Å²) in [6, 6.07) is 3.59. The molecule has 8 heteroatoms. The van der Waals surface area contributed by atoms with E-state index in [1.807, 2.05) is 13.0 Å². The molecule has 0 saturated heterocycles. The number of nitrogens with one attached hydrogen (secondary N) is 3. The van der Waals surface area contributed by atoms with Gasteiger partial charge in [-0.3, -0.25) is 0 Å². The van der Waals surface area contributed by atoms with E-state index in [1.54, 1.807) is 12.3 Å². The molecule has 0 atom stereocenters. The molecule has 0 saturated carbocycles. The molecule has 3 N–H and O–H groups in total. The summed E-state index contributed by atoms with van der Waals surface area (Å²) in [4.78, 5) is 19.7. The Labute approximate surface area is 161 Å². The lowest BCUT2D eigenvalue weighted by Crippen LogP contribution is -2.32. The van der Waals surface area contributed by atoms with Crippen LogP contribution in [0.2, 0.25) is 0 Å². The van der Waals surface area contributed by atoms with Crippen molar-refractivity contribution in [3.8, 4) is 0 Å². The molecule has 0 unspecified atom stereocenters. The van der Waals surface area contributed by atoms with Gasteiger partial charge in [0.05, 0.1) is 5.35 Å². The first-order chi connectivity index (χ1) is 13.6. The summed E-state index contributed by atoms with van der Waals surface area (Å²) in [5, 5.41) is 8.15. The molecular formula is C20H22FN7. The van der Waals surface area contributed by atoms with Crippen LogP contribution >= 0.6 is 0 Å². The lowest BCUT2D eigenvalue weighted by molar-refractivity contribution is 0.687. The maximum atomic E-state index is 14.2. The molecule has 0 aromatic carbocycles. The van der Waals surface area contributed by atoms with E-state index in [4.69, 9.17) is 0 Å². The van der Waals surface area contributed by atoms with Crippen molar-refractivity contribution in [1.29, 1.82) is 0 Å². The van der Waals surface area contributed by atoms with Crippen molar-refractivity contribution < 1.29 is 4.39 Å². The van der Waals surface area contributed by atoms with Crippen molar-refractivity contribution in [3.05, 3.63) is 52.8 Å². The van der Waals surface area contributed by atoms with Gasteiger partial charge in [0.15, 0.2) is 0 Å². The number of rotatable bonds is 6. The fourth-order valence-corrected chi connectivity index (χ4v) is 3.53. The summed E-state index contributed by atoms with van der Waals surface area (Å²) >= 11 is 0. The van der Waals surface area contributed by atoms with E-state index in [1.165, 1.54) is 23.8 Å². The van der Waals surface area contributed by atoms with Crippen LogP contribution in [-0.2, 0) is 6.42 Å². The molecule has 0 bridgehead atoms. The number of halogens is 1. The van der Waals surface area contributed by atoms with E-state index < -0.39 is 0 Å². The lowest BCUT2D eigenvalue weighted by atomic mass is 10.00. The number of aryl methyl sites for hydroxylation is 1. The van der Waals surface area contributed by atoms with Crippen LogP contribution in [0.1, 0.15) is 31.0 Å². The molecule has 7 nitrogen and oxygen atoms in total. The van der Waals surface area contributed by atoms with E-state index in [9.17, 15) is 4.39 Å². The topological polar surface area (TPSA) is 91.4 Å². The zero-order valence-corrected chi connectivity index (χ0v) is 15.9. The third kappa shape index (κ3) is 3.71. The fourth-order valence-electron chi connectivity index (χ4n) is 3.53. The second kappa shape index (κ2) is 7.75. The van der Waals surface area contributed by atoms with Crippen molar-refractivity contribution in [3.63, 3.8) is 0 Å². The fraction of sp³-hybridized carbons (Fsp3) is 0.300. The van der Waals surface area contributed by atoms with Crippen molar-refractivity contribution in [2.24, 2.45) is 0 Å². The molecule has 0 amide bonds. The standard InChI is InChI=1S/C20H22FN7/c1-12-3-4-15(21)20-19(12)14(13(2)27-20)5-8-23-17-9-18(26-11-25-17)28-16-6-7-22-10-24-16/h6-7,9-11,27H,3-5,8H2,1-2H3,(H2,22,23,24,25,26,28). The maximum absolute atomic E-state index is 14.2. The van der Waals surface area contributed by atoms with Gasteiger partial charge in [-0.1, -0.05) is 5.57 Å². The van der Waals surface area contributed by atoms with Crippen LogP contribution in [0, 0.1) is 6.92 Å². The van der Waals surface area contributed by atoms with Gasteiger partial charge in [-0.15, -0.1) is 0 Å². The highest BCUT2D eigenvalue weighted by molar-refractivity contribution is 5.56. The molecule has 0 radical (unpaired) electrons. The quantitative estimate of drug-likeness (QED) is 0.609. The predicted octanol–water partition coefficient (Wildman–Crippen LogP) is 2.34. The molecule has 144 valence electrons. The first kappa shape index (κ1) is 18.1. The highest BCUT2D eigenvalue weighted by Gasteiger charge is 2.15. The van der Waals surface area contributed by atoms with Gasteiger partial charge in [0.25, 0.3) is 0 Å². The first-order valence-electron chi connectivity index (χ1n) is 9.26. The zero-order valence-electron chi connectivity index (χ0n) is 15.9. The Bertz CT molecular complexity index is 1110. The van der Waals surface area contributed by atoms with Gasteiger partial charge in [-0.05, 0) is 38.3 Å². The van der Waals surface area contributed by atoms with Gasteiger partial charge in [-0.2, -0.15) is 0 Å². The Morgan fingerprint density at radius 1 is 1.07 bits per heavy atom. The van der Waals surface area contributed by atoms with E-state index in [2.05, 4.69) is 42.5 Å². The van der Waals surface area contributed by atoms with Crippen LogP contribution in [-0.4, -0.2) is 31.5 Å². The highest BCUT2D eigenvalue weighted by atomic mass is 19.1. The number of aromatic amines is 1. The summed E-state index contributed by atoms with van der Waals surface area (Å²) in [7, 11) is 0. The molecule has 3 heterocycles. The second-order valence-electron chi connectivity index (χ2n) is 6.85. The van der Waals surface area contributed by atoms with Crippen LogP contribution in [0.25, 0.3) is 11.4 Å². The van der Waals surface area contributed by atoms with E-state index in [0.29, 0.717) is 35.8 Å². The molecule has 3 aromatic rings. The minimum atomic E-state index is -0.0425. The van der Waals surface area contributed by atoms with E-state index in [-0.39, 0.29) is 5.83 Å². The van der Waals surface area contributed by atoms with E-state index in [0.717, 1.165) is 23.8 Å². The van der Waals surface area contributed by atoms with Gasteiger partial charge < -0.3 is 15.6 Å². The summed E-state index contributed by atoms with van der Waals surface area (Å²) in [6.07, 6.45) is 6.68. The normalized spacial score (nSPS) is 13.4. The molecule has 0 fully saturated rings. The molecule has 1 aliphatic rings. The monoisotopic (exact) mass is 379 g/mol. The average molecular weight is 379 g/mol. The molecule has 0 aliphatic heterocycles. The van der Waals surface area contributed by atoms with Crippen LogP contribution in [0.4, 0.5) is 21.8 Å². The Morgan fingerprint density at radius 3 is 2.71 bits per heavy atom. The number of nitrogens with zero attached hydrogens (tertiary/aromatic N) is 4. The summed E-state index contributed by atoms with van der Waals surface area (Å²) in [5.74, 6) is 1.98. The summed E-state index contributed by atoms with van der Waals surface area (Å²) in [5.41, 5.74) is 3.44. The molecule has 4 rings (SSSR count). The minimum absolute atomic E-state index is 0.0425. The summed E-state index contributed by atoms with van der Waals surface area (Å²) in [6.45, 7) is 4.78. The molecule has 3 aromatic heterocycles. The Hall–Kier alpha value is -3.29. The molecular weight excluding hydrogens is 357 g/mol. The number of H-pyrrole nitrogens is 1. The van der Waals surface area contributed by atoms with Crippen LogP contribution in [0.15, 0.2) is 31.0 Å². The van der Waals surface area contributed by atoms with Crippen LogP contribution in [0.3, 0.4) is 0 Å². The Morgan fingerprint density at radius 2 is 1.89 bits per heavy atom. The summed E-state index contributed by atoms with van der Waals surface area (Å²) < 4.78 is 14.2. The smallest absolute Gasteiger partial charge is 0.137 e. The Kier molecular flexibility index (Phi) is 5.01. The zero-order chi connectivity index (χ0) is 19.5. The third-order valence-corrected chi connectivity index (χ3v) is 4.92. The second-order valence-corrected chi connectivity index (χ2v) is 6.85. The van der Waals surface area contributed by atoms with Gasteiger partial charge in [0, 0.05) is 36.1 Å². The third-order valence-electron chi connectivity index (χ3n) is 4.92. The number of hydrogen-bond acceptors (Lipinski definition) is 6. The van der Waals surface area contributed by atoms with Crippen LogP contribution < -0.4 is 21.2 Å². The van der Waals surface area contributed by atoms with Gasteiger partial charge in [0.2, 0.25) is 0 Å². The molecule has 0 spiro atoms. The predicted molar refractivity (Wildman–Crippen MR) is 107 cm³/mol. The minimum Gasteiger partial charge on any atom is -0.370 e. The molecule has 1 aliphatic carbocycles. The van der Waals surface area contributed by atoms with Crippen molar-refractivity contribution in [2.75, 3.05) is 17.2 Å². The first-order valence-corrected chi connectivity index (χ1v) is 9.26. The largest absolute Gasteiger partial charge is 0.370 e. The van der Waals surface area contributed by atoms with Crippen LogP contribution in [0.5, 0.6) is 0 Å². The number of anilines is 3. The van der Waals surface area contributed by atoms with Crippen molar-refractivity contribution >= 4 is 28.9 Å². The molecule has 28 heavy (non-hydrogen) atoms. The number of hydrogen-bond donors (Lipinski definition) is 3. The lowest BCUT2D eigenvalue weighted by Gasteiger charge is -2.10. The maximum Gasteiger partial charge on any atom is 0.137 e. The van der Waals surface area contributed by atoms with Gasteiger partial charge in [0.1, 0.15) is 35.9 Å². The SMILES string of the molecule is CC1=c2c(CCNc3cc(Nc4ccncn4)ncn3)c(C)[nH]c2=C(F)CC1. The number of fused-ring (bicyclic) bond motifs is 1. The highest BCUT2D eigenvalue weighted by Crippen LogP contribution is 2.17. The number of aromatic nitrogens is 5. The van der Waals surface area contributed by atoms with Gasteiger partial charge >= 0.3 is 0 Å². The van der Waals surface area contributed by atoms with Crippen molar-refractivity contribution in [1.82, 2.24) is 24.9 Å². The van der Waals surface area contributed by atoms with E-state index >= 15 is 0 Å². The average Bonchev–Trinajstić information content (AvgIpc) is 3.04. The van der Waals surface area contributed by atoms with Gasteiger partial charge in [-0.25, -0.2) is 24.3 Å².